The first-order valence-electron chi connectivity index (χ1n) is 8.68. The first-order valence-corrected chi connectivity index (χ1v) is 8.68. The lowest BCUT2D eigenvalue weighted by atomic mass is 10.2. The van der Waals surface area contributed by atoms with E-state index in [1.54, 1.807) is 0 Å². The van der Waals surface area contributed by atoms with Crippen LogP contribution < -0.4 is 31.8 Å². The van der Waals surface area contributed by atoms with Crippen molar-refractivity contribution in [2.75, 3.05) is 0 Å². The molecule has 0 radical (unpaired) electrons. The zero-order chi connectivity index (χ0) is 19.9. The molecule has 142 valence electrons. The predicted molar refractivity (Wildman–Crippen MR) is 106 cm³/mol. The van der Waals surface area contributed by atoms with E-state index in [0.29, 0.717) is 24.7 Å². The second kappa shape index (κ2) is 8.68. The van der Waals surface area contributed by atoms with E-state index in [9.17, 15) is 0 Å². The molecule has 7 heteroatoms. The Kier molecular flexibility index (Phi) is 5.86. The summed E-state index contributed by atoms with van der Waals surface area (Å²) in [5, 5.41) is 11.1. The molecule has 0 aliphatic heterocycles. The van der Waals surface area contributed by atoms with Gasteiger partial charge in [-0.15, -0.1) is 0 Å². The number of rotatable bonds is 8. The molecule has 3 rings (SSSR count). The average molecular weight is 377 g/mol. The molecule has 0 atom stereocenters. The van der Waals surface area contributed by atoms with Gasteiger partial charge in [-0.1, -0.05) is 6.07 Å². The molecule has 0 amide bonds. The van der Waals surface area contributed by atoms with Gasteiger partial charge in [0.15, 0.2) is 0 Å². The fourth-order valence-corrected chi connectivity index (χ4v) is 2.49. The van der Waals surface area contributed by atoms with E-state index in [1.165, 1.54) is 0 Å². The van der Waals surface area contributed by atoms with Crippen LogP contribution in [0.15, 0.2) is 66.7 Å². The third-order valence-corrected chi connectivity index (χ3v) is 4.01. The summed E-state index contributed by atoms with van der Waals surface area (Å²) in [5.74, 6) is 1.98. The summed E-state index contributed by atoms with van der Waals surface area (Å²) in [6.07, 6.45) is 0. The van der Waals surface area contributed by atoms with Crippen molar-refractivity contribution in [3.8, 4) is 11.5 Å². The van der Waals surface area contributed by atoms with E-state index in [-0.39, 0.29) is 11.7 Å². The predicted octanol–water partition coefficient (Wildman–Crippen LogP) is -0.832. The summed E-state index contributed by atoms with van der Waals surface area (Å²) >= 11 is 0. The van der Waals surface area contributed by atoms with Crippen LogP contribution >= 0.6 is 0 Å². The molecule has 1 heterocycles. The Bertz CT molecular complexity index is 892. The fraction of sp³-hybridized carbons (Fsp3) is 0.0952. The maximum atomic E-state index is 5.76. The first-order chi connectivity index (χ1) is 13.5. The molecule has 1 aromatic heterocycles. The minimum Gasteiger partial charge on any atom is -0.487 e. The van der Waals surface area contributed by atoms with Crippen LogP contribution in [0.4, 0.5) is 0 Å². The summed E-state index contributed by atoms with van der Waals surface area (Å²) in [6.45, 7) is 0.685. The zero-order valence-corrected chi connectivity index (χ0v) is 15.3. The number of hydrogen-bond acceptors (Lipinski definition) is 3. The normalized spacial score (nSPS) is 10.3. The molecule has 0 aliphatic carbocycles. The summed E-state index contributed by atoms with van der Waals surface area (Å²) < 4.78 is 11.5. The largest absolute Gasteiger partial charge is 0.487 e. The number of benzene rings is 2. The second-order valence-electron chi connectivity index (χ2n) is 6.16. The fourth-order valence-electron chi connectivity index (χ4n) is 2.49. The van der Waals surface area contributed by atoms with Gasteiger partial charge in [0.2, 0.25) is 0 Å². The Morgan fingerprint density at radius 2 is 1.07 bits per heavy atom. The standard InChI is InChI=1S/C21H21N5O2/c22-20(23)14-4-8-18(9-5-14)27-12-16-2-1-3-17(26-16)13-28-19-10-6-15(7-11-19)21(24)25/h1-11H,12-13H2,(H3,22,23)(H3,24,25)/p+2. The zero-order valence-electron chi connectivity index (χ0n) is 15.3. The number of nitrogens with zero attached hydrogens (tertiary/aromatic N) is 1. The van der Waals surface area contributed by atoms with Gasteiger partial charge in [-0.25, -0.2) is 0 Å². The molecular weight excluding hydrogens is 354 g/mol. The Labute approximate surface area is 163 Å². The van der Waals surface area contributed by atoms with Gasteiger partial charge in [0, 0.05) is 0 Å². The molecular formula is C21H23N5O2+2. The van der Waals surface area contributed by atoms with Crippen molar-refractivity contribution in [1.82, 2.24) is 4.98 Å². The van der Waals surface area contributed by atoms with E-state index >= 15 is 0 Å². The second-order valence-corrected chi connectivity index (χ2v) is 6.16. The molecule has 2 aromatic carbocycles. The van der Waals surface area contributed by atoms with Crippen LogP contribution in [0.2, 0.25) is 0 Å². The average Bonchev–Trinajstić information content (AvgIpc) is 2.71. The monoisotopic (exact) mass is 377 g/mol. The Hall–Kier alpha value is -3.87. The van der Waals surface area contributed by atoms with Crippen molar-refractivity contribution in [2.24, 2.45) is 11.5 Å². The van der Waals surface area contributed by atoms with Gasteiger partial charge in [0.25, 0.3) is 11.7 Å². The molecule has 0 bridgehead atoms. The highest BCUT2D eigenvalue weighted by Gasteiger charge is 2.05. The lowest BCUT2D eigenvalue weighted by molar-refractivity contribution is -0.115. The van der Waals surface area contributed by atoms with Crippen LogP contribution in [0.3, 0.4) is 0 Å². The lowest BCUT2D eigenvalue weighted by Gasteiger charge is -2.09. The number of pyridine rings is 1. The van der Waals surface area contributed by atoms with Crippen molar-refractivity contribution in [3.63, 3.8) is 0 Å². The van der Waals surface area contributed by atoms with E-state index in [1.807, 2.05) is 66.7 Å². The van der Waals surface area contributed by atoms with Crippen molar-refractivity contribution in [1.29, 1.82) is 0 Å². The molecule has 3 aromatic rings. The highest BCUT2D eigenvalue weighted by atomic mass is 16.5. The highest BCUT2D eigenvalue weighted by Crippen LogP contribution is 2.15. The van der Waals surface area contributed by atoms with Crippen LogP contribution in [0.25, 0.3) is 0 Å². The molecule has 0 saturated heterocycles. The Morgan fingerprint density at radius 1 is 0.679 bits per heavy atom. The molecule has 28 heavy (non-hydrogen) atoms. The van der Waals surface area contributed by atoms with E-state index in [0.717, 1.165) is 22.5 Å². The van der Waals surface area contributed by atoms with Crippen molar-refractivity contribution in [3.05, 3.63) is 89.2 Å². The maximum Gasteiger partial charge on any atom is 0.270 e. The number of hydrogen-bond donors (Lipinski definition) is 4. The molecule has 0 aliphatic rings. The summed E-state index contributed by atoms with van der Waals surface area (Å²) in [6, 6.07) is 20.2. The lowest BCUT2D eigenvalue weighted by Crippen LogP contribution is -2.46. The SMILES string of the molecule is NC(=[NH2+])c1ccc(OCc2cccc(COc3ccc(C(N)=[NH2+])cc3)n2)cc1. The van der Waals surface area contributed by atoms with Gasteiger partial charge in [0.05, 0.1) is 22.5 Å². The third-order valence-electron chi connectivity index (χ3n) is 4.01. The first kappa shape index (κ1) is 18.9. The number of ether oxygens (including phenoxy) is 2. The number of nitrogens with two attached hydrogens (primary N) is 4. The summed E-state index contributed by atoms with van der Waals surface area (Å²) in [4.78, 5) is 4.56. The number of aromatic nitrogens is 1. The number of amidine groups is 2. The van der Waals surface area contributed by atoms with Gasteiger partial charge in [-0.3, -0.25) is 27.3 Å². The molecule has 7 nitrogen and oxygen atoms in total. The summed E-state index contributed by atoms with van der Waals surface area (Å²) in [7, 11) is 0. The molecule has 8 N–H and O–H groups in total. The molecule has 0 fully saturated rings. The quantitative estimate of drug-likeness (QED) is 0.300. The van der Waals surface area contributed by atoms with E-state index in [2.05, 4.69) is 4.98 Å². The van der Waals surface area contributed by atoms with Gasteiger partial charge in [0.1, 0.15) is 24.7 Å². The van der Waals surface area contributed by atoms with Crippen molar-refractivity contribution in [2.45, 2.75) is 13.2 Å². The smallest absolute Gasteiger partial charge is 0.270 e. The van der Waals surface area contributed by atoms with Crippen molar-refractivity contribution < 1.29 is 20.3 Å². The van der Waals surface area contributed by atoms with Gasteiger partial charge in [-0.2, -0.15) is 0 Å². The van der Waals surface area contributed by atoms with Gasteiger partial charge < -0.3 is 9.47 Å². The van der Waals surface area contributed by atoms with Crippen LogP contribution in [0, 0.1) is 0 Å². The van der Waals surface area contributed by atoms with Gasteiger partial charge >= 0.3 is 0 Å². The van der Waals surface area contributed by atoms with Crippen LogP contribution in [-0.2, 0) is 13.2 Å². The van der Waals surface area contributed by atoms with Gasteiger partial charge in [-0.05, 0) is 60.7 Å². The van der Waals surface area contributed by atoms with E-state index < -0.39 is 0 Å². The molecule has 0 saturated carbocycles. The topological polar surface area (TPSA) is 135 Å². The Balaban J connectivity index is 1.56. The summed E-state index contributed by atoms with van der Waals surface area (Å²) in [5.41, 5.74) is 14.3. The molecule has 0 unspecified atom stereocenters. The molecule has 0 spiro atoms. The maximum absolute atomic E-state index is 5.76. The van der Waals surface area contributed by atoms with Crippen LogP contribution in [0.5, 0.6) is 11.5 Å². The van der Waals surface area contributed by atoms with Crippen molar-refractivity contribution >= 4 is 11.7 Å². The van der Waals surface area contributed by atoms with Crippen LogP contribution in [-0.4, -0.2) is 16.7 Å². The third kappa shape index (κ3) is 5.07. The van der Waals surface area contributed by atoms with E-state index in [4.69, 9.17) is 31.8 Å². The Morgan fingerprint density at radius 3 is 1.43 bits per heavy atom. The highest BCUT2D eigenvalue weighted by molar-refractivity contribution is 5.93. The van der Waals surface area contributed by atoms with Crippen LogP contribution in [0.1, 0.15) is 22.5 Å². The minimum absolute atomic E-state index is 0.278. The minimum atomic E-state index is 0.278.